The van der Waals surface area contributed by atoms with Crippen LogP contribution in [0, 0.1) is 0 Å². The summed E-state index contributed by atoms with van der Waals surface area (Å²) in [6.07, 6.45) is 0. The van der Waals surface area contributed by atoms with Gasteiger partial charge in [-0.05, 0) is 112 Å². The molecule has 246 valence electrons. The van der Waals surface area contributed by atoms with Gasteiger partial charge in [0.25, 0.3) is 0 Å². The first kappa shape index (κ1) is 29.7. The molecule has 0 N–H and O–H groups in total. The van der Waals surface area contributed by atoms with E-state index in [0.29, 0.717) is 0 Å². The third-order valence-electron chi connectivity index (χ3n) is 11.0. The van der Waals surface area contributed by atoms with Crippen molar-refractivity contribution >= 4 is 65.0 Å². The average Bonchev–Trinajstić information content (AvgIpc) is 3.61. The van der Waals surface area contributed by atoms with E-state index in [1.54, 1.807) is 0 Å². The highest BCUT2D eigenvalue weighted by Gasteiger charge is 2.19. The lowest BCUT2D eigenvalue weighted by Crippen LogP contribution is -1.92. The molecule has 1 heteroatoms. The molecule has 11 rings (SSSR count). The monoisotopic (exact) mass is 672 g/mol. The summed E-state index contributed by atoms with van der Waals surface area (Å²) in [5.74, 6) is 0. The molecule has 0 fully saturated rings. The van der Waals surface area contributed by atoms with E-state index in [2.05, 4.69) is 182 Å². The zero-order chi connectivity index (χ0) is 34.9. The molecular weight excluding hydrogens is 641 g/mol. The number of fused-ring (bicyclic) bond motifs is 7. The van der Waals surface area contributed by atoms with Crippen LogP contribution < -0.4 is 0 Å². The third-order valence-corrected chi connectivity index (χ3v) is 11.0. The van der Waals surface area contributed by atoms with Gasteiger partial charge in [0.2, 0.25) is 0 Å². The molecule has 0 aliphatic heterocycles. The highest BCUT2D eigenvalue weighted by atomic mass is 16.3. The molecule has 0 aliphatic rings. The van der Waals surface area contributed by atoms with Crippen molar-refractivity contribution in [3.63, 3.8) is 0 Å². The summed E-state index contributed by atoms with van der Waals surface area (Å²) >= 11 is 0. The molecular formula is C52H32O. The molecule has 11 aromatic rings. The van der Waals surface area contributed by atoms with E-state index in [-0.39, 0.29) is 0 Å². The van der Waals surface area contributed by atoms with E-state index in [1.165, 1.54) is 76.5 Å². The van der Waals surface area contributed by atoms with Crippen LogP contribution in [0.3, 0.4) is 0 Å². The van der Waals surface area contributed by atoms with Gasteiger partial charge in [-0.25, -0.2) is 0 Å². The van der Waals surface area contributed by atoms with E-state index in [1.807, 2.05) is 12.1 Å². The predicted molar refractivity (Wildman–Crippen MR) is 225 cm³/mol. The molecule has 10 aromatic carbocycles. The van der Waals surface area contributed by atoms with Gasteiger partial charge in [0.05, 0.1) is 0 Å². The number of benzene rings is 10. The summed E-state index contributed by atoms with van der Waals surface area (Å²) in [5, 5.41) is 12.3. The Hall–Kier alpha value is -6.96. The van der Waals surface area contributed by atoms with Crippen LogP contribution in [0.2, 0.25) is 0 Å². The quantitative estimate of drug-likeness (QED) is 0.170. The maximum atomic E-state index is 6.46. The highest BCUT2D eigenvalue weighted by Crippen LogP contribution is 2.46. The zero-order valence-corrected chi connectivity index (χ0v) is 28.9. The third kappa shape index (κ3) is 4.79. The molecule has 1 aromatic heterocycles. The minimum atomic E-state index is 0.913. The van der Waals surface area contributed by atoms with Crippen molar-refractivity contribution in [3.05, 3.63) is 194 Å². The summed E-state index contributed by atoms with van der Waals surface area (Å²) < 4.78 is 6.46. The van der Waals surface area contributed by atoms with Crippen LogP contribution in [-0.2, 0) is 0 Å². The van der Waals surface area contributed by atoms with Gasteiger partial charge in [-0.15, -0.1) is 0 Å². The van der Waals surface area contributed by atoms with Gasteiger partial charge >= 0.3 is 0 Å². The Morgan fingerprint density at radius 3 is 1.49 bits per heavy atom. The lowest BCUT2D eigenvalue weighted by molar-refractivity contribution is 0.670. The van der Waals surface area contributed by atoms with Crippen molar-refractivity contribution in [3.8, 4) is 44.5 Å². The number of hydrogen-bond donors (Lipinski definition) is 0. The van der Waals surface area contributed by atoms with E-state index in [4.69, 9.17) is 4.42 Å². The molecule has 53 heavy (non-hydrogen) atoms. The van der Waals surface area contributed by atoms with Crippen LogP contribution in [0.5, 0.6) is 0 Å². The van der Waals surface area contributed by atoms with Crippen LogP contribution in [0.4, 0.5) is 0 Å². The van der Waals surface area contributed by atoms with E-state index in [9.17, 15) is 0 Å². The summed E-state index contributed by atoms with van der Waals surface area (Å²) in [7, 11) is 0. The van der Waals surface area contributed by atoms with Crippen LogP contribution in [0.1, 0.15) is 0 Å². The van der Waals surface area contributed by atoms with Crippen molar-refractivity contribution in [2.24, 2.45) is 0 Å². The second-order valence-corrected chi connectivity index (χ2v) is 14.0. The zero-order valence-electron chi connectivity index (χ0n) is 28.9. The van der Waals surface area contributed by atoms with Gasteiger partial charge in [-0.2, -0.15) is 0 Å². The predicted octanol–water partition coefficient (Wildman–Crippen LogP) is 14.9. The first-order valence-electron chi connectivity index (χ1n) is 18.2. The maximum Gasteiger partial charge on any atom is 0.143 e. The van der Waals surface area contributed by atoms with Gasteiger partial charge in [0, 0.05) is 16.3 Å². The van der Waals surface area contributed by atoms with E-state index in [0.717, 1.165) is 33.1 Å². The molecule has 1 heterocycles. The minimum Gasteiger partial charge on any atom is -0.455 e. The molecule has 0 amide bonds. The molecule has 1 nitrogen and oxygen atoms in total. The van der Waals surface area contributed by atoms with Gasteiger partial charge in [-0.1, -0.05) is 164 Å². The van der Waals surface area contributed by atoms with Gasteiger partial charge in [0.15, 0.2) is 0 Å². The maximum absolute atomic E-state index is 6.46. The number of furan rings is 1. The van der Waals surface area contributed by atoms with Crippen LogP contribution >= 0.6 is 0 Å². The van der Waals surface area contributed by atoms with Gasteiger partial charge < -0.3 is 4.42 Å². The molecule has 0 atom stereocenters. The highest BCUT2D eigenvalue weighted by molar-refractivity contribution is 6.22. The van der Waals surface area contributed by atoms with Crippen molar-refractivity contribution in [2.75, 3.05) is 0 Å². The Kier molecular flexibility index (Phi) is 6.62. The van der Waals surface area contributed by atoms with Crippen molar-refractivity contribution in [2.45, 2.75) is 0 Å². The Morgan fingerprint density at radius 1 is 0.264 bits per heavy atom. The molecule has 0 aliphatic carbocycles. The van der Waals surface area contributed by atoms with Crippen LogP contribution in [-0.4, -0.2) is 0 Å². The lowest BCUT2D eigenvalue weighted by Gasteiger charge is -2.19. The fourth-order valence-electron chi connectivity index (χ4n) is 8.51. The summed E-state index contributed by atoms with van der Waals surface area (Å²) in [6.45, 7) is 0. The average molecular weight is 673 g/mol. The minimum absolute atomic E-state index is 0.913. The molecule has 0 saturated carbocycles. The largest absolute Gasteiger partial charge is 0.455 e. The fraction of sp³-hybridized carbons (Fsp3) is 0. The molecule has 0 unspecified atom stereocenters. The first-order chi connectivity index (χ1) is 26.3. The standard InChI is InChI=1S/C52H32O/c1-3-13-35-30-40(25-23-33(35)11-1)50-44-18-5-6-19-45(44)51(41-26-24-34-12-2-4-14-36(34)31-41)48-32-38(27-28-46(48)50)37-15-9-16-39(29-37)42-20-10-21-47-43-17-7-8-22-49(43)53-52(42)47/h1-32H. The van der Waals surface area contributed by atoms with Crippen LogP contribution in [0.15, 0.2) is 199 Å². The Bertz CT molecular complexity index is 3230. The summed E-state index contributed by atoms with van der Waals surface area (Å²) in [5.41, 5.74) is 11.4. The SMILES string of the molecule is c1cc(-c2ccc3c(-c4ccc5ccccc5c4)c4ccccc4c(-c4ccc5ccccc5c4)c3c2)cc(-c2cccc3c2oc2ccccc23)c1. The molecule has 0 bridgehead atoms. The number of para-hydroxylation sites is 2. The molecule has 0 radical (unpaired) electrons. The molecule has 0 spiro atoms. The second-order valence-electron chi connectivity index (χ2n) is 14.0. The number of rotatable bonds is 4. The topological polar surface area (TPSA) is 13.1 Å². The summed E-state index contributed by atoms with van der Waals surface area (Å²) in [6, 6.07) is 70.7. The van der Waals surface area contributed by atoms with Crippen molar-refractivity contribution < 1.29 is 4.42 Å². The fourth-order valence-corrected chi connectivity index (χ4v) is 8.51. The Labute approximate surface area is 307 Å². The number of hydrogen-bond acceptors (Lipinski definition) is 1. The lowest BCUT2D eigenvalue weighted by atomic mass is 9.84. The van der Waals surface area contributed by atoms with E-state index >= 15 is 0 Å². The smallest absolute Gasteiger partial charge is 0.143 e. The van der Waals surface area contributed by atoms with Crippen LogP contribution in [0.25, 0.3) is 110 Å². The summed E-state index contributed by atoms with van der Waals surface area (Å²) in [4.78, 5) is 0. The van der Waals surface area contributed by atoms with Crippen molar-refractivity contribution in [1.82, 2.24) is 0 Å². The first-order valence-corrected chi connectivity index (χ1v) is 18.2. The molecule has 0 saturated heterocycles. The normalized spacial score (nSPS) is 11.8. The van der Waals surface area contributed by atoms with Gasteiger partial charge in [0.1, 0.15) is 11.2 Å². The Balaban J connectivity index is 1.17. The van der Waals surface area contributed by atoms with Crippen molar-refractivity contribution in [1.29, 1.82) is 0 Å². The van der Waals surface area contributed by atoms with Gasteiger partial charge in [-0.3, -0.25) is 0 Å². The van der Waals surface area contributed by atoms with E-state index < -0.39 is 0 Å². The Morgan fingerprint density at radius 2 is 0.774 bits per heavy atom. The second kappa shape index (κ2) is 11.8.